The van der Waals surface area contributed by atoms with E-state index in [9.17, 15) is 0 Å². The molecule has 0 amide bonds. The minimum absolute atomic E-state index is 0.518. The maximum absolute atomic E-state index is 6.20. The average Bonchev–Trinajstić information content (AvgIpc) is 2.77. The normalized spacial score (nSPS) is 11.0. The zero-order valence-electron chi connectivity index (χ0n) is 11.4. The molecule has 1 aromatic carbocycles. The summed E-state index contributed by atoms with van der Waals surface area (Å²) in [6, 6.07) is 5.54. The van der Waals surface area contributed by atoms with Gasteiger partial charge in [0.05, 0.1) is 17.3 Å². The van der Waals surface area contributed by atoms with Crippen molar-refractivity contribution in [2.75, 3.05) is 14.2 Å². The number of ether oxygens (including phenoxy) is 1. The Morgan fingerprint density at radius 3 is 2.60 bits per heavy atom. The zero-order chi connectivity index (χ0) is 14.5. The van der Waals surface area contributed by atoms with Gasteiger partial charge in [-0.2, -0.15) is 0 Å². The summed E-state index contributed by atoms with van der Waals surface area (Å²) in [5.41, 5.74) is 1.90. The van der Waals surface area contributed by atoms with Crippen LogP contribution in [0.4, 0.5) is 0 Å². The Morgan fingerprint density at radius 1 is 1.30 bits per heavy atom. The van der Waals surface area contributed by atoms with Crippen LogP contribution in [0.15, 0.2) is 18.2 Å². The molecule has 0 atom stereocenters. The molecular formula is C14H16Cl2N2OS. The Hall–Kier alpha value is -0.650. The lowest BCUT2D eigenvalue weighted by Gasteiger charge is -2.04. The van der Waals surface area contributed by atoms with E-state index in [0.29, 0.717) is 23.1 Å². The second kappa shape index (κ2) is 7.38. The molecule has 0 spiro atoms. The largest absolute Gasteiger partial charge is 0.378 e. The van der Waals surface area contributed by atoms with E-state index in [1.54, 1.807) is 18.4 Å². The highest BCUT2D eigenvalue weighted by Crippen LogP contribution is 2.29. The molecule has 0 aliphatic carbocycles. The van der Waals surface area contributed by atoms with Gasteiger partial charge in [0.25, 0.3) is 0 Å². The maximum Gasteiger partial charge on any atom is 0.0977 e. The fraction of sp³-hybridized carbons (Fsp3) is 0.357. The first-order chi connectivity index (χ1) is 9.65. The number of hydrogen-bond donors (Lipinski definition) is 1. The number of halogens is 2. The molecule has 0 unspecified atom stereocenters. The Kier molecular flexibility index (Phi) is 5.81. The van der Waals surface area contributed by atoms with Crippen molar-refractivity contribution in [2.45, 2.75) is 19.6 Å². The van der Waals surface area contributed by atoms with Crippen LogP contribution in [0.25, 0.3) is 0 Å². The number of nitrogens with zero attached hydrogens (tertiary/aromatic N) is 1. The van der Waals surface area contributed by atoms with Gasteiger partial charge >= 0.3 is 0 Å². The second-order valence-electron chi connectivity index (χ2n) is 4.32. The van der Waals surface area contributed by atoms with Gasteiger partial charge in [-0.25, -0.2) is 4.98 Å². The summed E-state index contributed by atoms with van der Waals surface area (Å²) in [6.07, 6.45) is 0.642. The van der Waals surface area contributed by atoms with Gasteiger partial charge in [-0.05, 0) is 24.7 Å². The van der Waals surface area contributed by atoms with Crippen LogP contribution in [0.3, 0.4) is 0 Å². The van der Waals surface area contributed by atoms with Crippen molar-refractivity contribution in [1.82, 2.24) is 10.3 Å². The van der Waals surface area contributed by atoms with Gasteiger partial charge in [0.2, 0.25) is 0 Å². The van der Waals surface area contributed by atoms with Crippen LogP contribution in [0.1, 0.15) is 21.1 Å². The van der Waals surface area contributed by atoms with E-state index in [0.717, 1.165) is 22.8 Å². The van der Waals surface area contributed by atoms with Crippen molar-refractivity contribution >= 4 is 34.5 Å². The molecule has 1 aromatic heterocycles. The topological polar surface area (TPSA) is 34.2 Å². The van der Waals surface area contributed by atoms with E-state index in [4.69, 9.17) is 27.9 Å². The molecule has 0 aliphatic rings. The van der Waals surface area contributed by atoms with Gasteiger partial charge in [-0.15, -0.1) is 11.3 Å². The van der Waals surface area contributed by atoms with Crippen molar-refractivity contribution in [3.05, 3.63) is 49.4 Å². The van der Waals surface area contributed by atoms with Gasteiger partial charge in [-0.3, -0.25) is 0 Å². The van der Waals surface area contributed by atoms with Crippen molar-refractivity contribution in [1.29, 1.82) is 0 Å². The summed E-state index contributed by atoms with van der Waals surface area (Å²) in [5, 5.41) is 5.50. The van der Waals surface area contributed by atoms with Crippen molar-refractivity contribution < 1.29 is 4.74 Å². The Morgan fingerprint density at radius 2 is 2.00 bits per heavy atom. The molecule has 6 heteroatoms. The molecular weight excluding hydrogens is 315 g/mol. The van der Waals surface area contributed by atoms with Gasteiger partial charge in [0, 0.05) is 35.0 Å². The highest BCUT2D eigenvalue weighted by atomic mass is 35.5. The summed E-state index contributed by atoms with van der Waals surface area (Å²) in [7, 11) is 3.59. The number of thiazole rings is 1. The standard InChI is InChI=1S/C14H16Cl2N2OS/c1-17-7-13-12(8-19-2)18-14(20-13)6-9-10(15)4-3-5-11(9)16/h3-5,17H,6-8H2,1-2H3. The lowest BCUT2D eigenvalue weighted by Crippen LogP contribution is -2.06. The first-order valence-electron chi connectivity index (χ1n) is 6.19. The number of hydrogen-bond acceptors (Lipinski definition) is 4. The predicted molar refractivity (Wildman–Crippen MR) is 84.9 cm³/mol. The molecule has 2 rings (SSSR count). The molecule has 108 valence electrons. The van der Waals surface area contributed by atoms with Crippen LogP contribution in [0, 0.1) is 0 Å². The summed E-state index contributed by atoms with van der Waals surface area (Å²) in [4.78, 5) is 5.82. The number of methoxy groups -OCH3 is 1. The van der Waals surface area contributed by atoms with Crippen LogP contribution in [0.5, 0.6) is 0 Å². The first kappa shape index (κ1) is 15.7. The van der Waals surface area contributed by atoms with Crippen LogP contribution in [0.2, 0.25) is 10.0 Å². The van der Waals surface area contributed by atoms with E-state index in [1.165, 1.54) is 4.88 Å². The third-order valence-electron chi connectivity index (χ3n) is 2.83. The predicted octanol–water partition coefficient (Wildman–Crippen LogP) is 3.91. The average molecular weight is 331 g/mol. The fourth-order valence-corrected chi connectivity index (χ4v) is 3.54. The second-order valence-corrected chi connectivity index (χ2v) is 6.30. The van der Waals surface area contributed by atoms with E-state index in [1.807, 2.05) is 25.2 Å². The van der Waals surface area contributed by atoms with E-state index in [-0.39, 0.29) is 0 Å². The van der Waals surface area contributed by atoms with Gasteiger partial charge < -0.3 is 10.1 Å². The summed E-state index contributed by atoms with van der Waals surface area (Å²) >= 11 is 14.1. The molecule has 20 heavy (non-hydrogen) atoms. The van der Waals surface area contributed by atoms with Gasteiger partial charge in [0.15, 0.2) is 0 Å². The third-order valence-corrected chi connectivity index (χ3v) is 4.64. The Labute approximate surface area is 132 Å². The van der Waals surface area contributed by atoms with Gasteiger partial charge in [-0.1, -0.05) is 29.3 Å². The molecule has 0 saturated heterocycles. The Balaban J connectivity index is 2.27. The quantitative estimate of drug-likeness (QED) is 0.871. The van der Waals surface area contributed by atoms with Gasteiger partial charge in [0.1, 0.15) is 0 Å². The monoisotopic (exact) mass is 330 g/mol. The molecule has 1 N–H and O–H groups in total. The number of benzene rings is 1. The minimum atomic E-state index is 0.518. The lowest BCUT2D eigenvalue weighted by atomic mass is 10.1. The third kappa shape index (κ3) is 3.71. The molecule has 2 aromatic rings. The lowest BCUT2D eigenvalue weighted by molar-refractivity contribution is 0.181. The Bertz CT molecular complexity index is 543. The first-order valence-corrected chi connectivity index (χ1v) is 7.76. The van der Waals surface area contributed by atoms with Crippen LogP contribution >= 0.6 is 34.5 Å². The van der Waals surface area contributed by atoms with Crippen molar-refractivity contribution in [2.24, 2.45) is 0 Å². The zero-order valence-corrected chi connectivity index (χ0v) is 13.7. The van der Waals surface area contributed by atoms with E-state index >= 15 is 0 Å². The van der Waals surface area contributed by atoms with Crippen LogP contribution in [-0.2, 0) is 24.3 Å². The number of aromatic nitrogens is 1. The molecule has 0 bridgehead atoms. The molecule has 0 aliphatic heterocycles. The summed E-state index contributed by atoms with van der Waals surface area (Å²) in [5.74, 6) is 0. The highest BCUT2D eigenvalue weighted by molar-refractivity contribution is 7.11. The van der Waals surface area contributed by atoms with E-state index in [2.05, 4.69) is 10.3 Å². The molecule has 0 saturated carbocycles. The van der Waals surface area contributed by atoms with Crippen molar-refractivity contribution in [3.63, 3.8) is 0 Å². The molecule has 3 nitrogen and oxygen atoms in total. The minimum Gasteiger partial charge on any atom is -0.378 e. The van der Waals surface area contributed by atoms with Crippen molar-refractivity contribution in [3.8, 4) is 0 Å². The summed E-state index contributed by atoms with van der Waals surface area (Å²) < 4.78 is 5.19. The molecule has 0 fully saturated rings. The fourth-order valence-electron chi connectivity index (χ4n) is 1.91. The number of rotatable bonds is 6. The maximum atomic E-state index is 6.20. The molecule has 0 radical (unpaired) electrons. The SMILES string of the molecule is CNCc1sc(Cc2c(Cl)cccc2Cl)nc1COC. The smallest absolute Gasteiger partial charge is 0.0977 e. The van der Waals surface area contributed by atoms with E-state index < -0.39 is 0 Å². The van der Waals surface area contributed by atoms with Crippen LogP contribution in [-0.4, -0.2) is 19.1 Å². The number of nitrogens with one attached hydrogen (secondary N) is 1. The molecule has 1 heterocycles. The highest BCUT2D eigenvalue weighted by Gasteiger charge is 2.13. The summed E-state index contributed by atoms with van der Waals surface area (Å²) in [6.45, 7) is 1.30. The van der Waals surface area contributed by atoms with Crippen LogP contribution < -0.4 is 5.32 Å².